The van der Waals surface area contributed by atoms with Gasteiger partial charge in [0.2, 0.25) is 0 Å². The Morgan fingerprint density at radius 1 is 1.09 bits per heavy atom. The highest BCUT2D eigenvalue weighted by Gasteiger charge is 2.18. The van der Waals surface area contributed by atoms with Crippen LogP contribution in [0, 0.1) is 11.3 Å². The summed E-state index contributed by atoms with van der Waals surface area (Å²) < 4.78 is 0. The lowest BCUT2D eigenvalue weighted by atomic mass is 10.0. The number of hydrogen-bond acceptors (Lipinski definition) is 3. The molecular formula is C27H25Cl2N3. The molecule has 0 saturated heterocycles. The molecule has 0 atom stereocenters. The second-order valence-corrected chi connectivity index (χ2v) is 8.66. The minimum atomic E-state index is 0.383. The van der Waals surface area contributed by atoms with E-state index >= 15 is 0 Å². The van der Waals surface area contributed by atoms with Crippen LogP contribution in [0.2, 0.25) is 10.0 Å². The van der Waals surface area contributed by atoms with Crippen LogP contribution in [0.1, 0.15) is 36.5 Å². The fourth-order valence-electron chi connectivity index (χ4n) is 3.35. The van der Waals surface area contributed by atoms with E-state index in [9.17, 15) is 5.26 Å². The average molecular weight is 462 g/mol. The van der Waals surface area contributed by atoms with Gasteiger partial charge in [0.25, 0.3) is 0 Å². The smallest absolute Gasteiger partial charge is 0.101 e. The Morgan fingerprint density at radius 3 is 2.38 bits per heavy atom. The first-order valence-corrected chi connectivity index (χ1v) is 11.0. The monoisotopic (exact) mass is 461 g/mol. The number of nitrogens with two attached hydrogens (primary N) is 1. The molecule has 0 heterocycles. The summed E-state index contributed by atoms with van der Waals surface area (Å²) in [5.74, 6) is 0.444. The number of nitrogens with zero attached hydrogens (tertiary/aromatic N) is 2. The largest absolute Gasteiger partial charge is 0.397 e. The zero-order chi connectivity index (χ0) is 23.3. The van der Waals surface area contributed by atoms with Crippen molar-refractivity contribution in [3.8, 4) is 6.07 Å². The molecule has 3 aromatic carbocycles. The lowest BCUT2D eigenvalue weighted by Gasteiger charge is -2.28. The highest BCUT2D eigenvalue weighted by Crippen LogP contribution is 2.33. The lowest BCUT2D eigenvalue weighted by Crippen LogP contribution is -2.23. The molecule has 0 radical (unpaired) electrons. The van der Waals surface area contributed by atoms with Gasteiger partial charge < -0.3 is 10.6 Å². The van der Waals surface area contributed by atoms with Crippen LogP contribution in [-0.2, 0) is 6.54 Å². The van der Waals surface area contributed by atoms with E-state index in [0.29, 0.717) is 39.5 Å². The molecule has 0 amide bonds. The van der Waals surface area contributed by atoms with Crippen molar-refractivity contribution in [3.63, 3.8) is 0 Å². The maximum Gasteiger partial charge on any atom is 0.101 e. The Morgan fingerprint density at radius 2 is 1.78 bits per heavy atom. The molecule has 32 heavy (non-hydrogen) atoms. The zero-order valence-electron chi connectivity index (χ0n) is 18.1. The first-order valence-electron chi connectivity index (χ1n) is 10.3. The highest BCUT2D eigenvalue weighted by molar-refractivity contribution is 6.35. The summed E-state index contributed by atoms with van der Waals surface area (Å²) in [6, 6.07) is 23.3. The normalized spacial score (nSPS) is 11.3. The summed E-state index contributed by atoms with van der Waals surface area (Å²) >= 11 is 12.5. The van der Waals surface area contributed by atoms with Crippen molar-refractivity contribution in [2.75, 3.05) is 10.6 Å². The minimum absolute atomic E-state index is 0.383. The number of rotatable bonds is 7. The van der Waals surface area contributed by atoms with E-state index in [4.69, 9.17) is 28.9 Å². The summed E-state index contributed by atoms with van der Waals surface area (Å²) in [5.41, 5.74) is 11.6. The van der Waals surface area contributed by atoms with E-state index in [0.717, 1.165) is 16.8 Å². The van der Waals surface area contributed by atoms with Crippen molar-refractivity contribution < 1.29 is 0 Å². The summed E-state index contributed by atoms with van der Waals surface area (Å²) in [5, 5.41) is 11.0. The van der Waals surface area contributed by atoms with Crippen molar-refractivity contribution in [1.29, 1.82) is 5.26 Å². The van der Waals surface area contributed by atoms with E-state index in [-0.39, 0.29) is 0 Å². The third-order valence-electron chi connectivity index (χ3n) is 5.24. The van der Waals surface area contributed by atoms with Crippen molar-refractivity contribution in [1.82, 2.24) is 0 Å². The number of halogens is 2. The van der Waals surface area contributed by atoms with Crippen molar-refractivity contribution in [3.05, 3.63) is 111 Å². The van der Waals surface area contributed by atoms with Crippen LogP contribution in [0.25, 0.3) is 6.08 Å². The molecule has 0 aliphatic rings. The SMILES string of the molecule is C=C(/C(C#N)=C/c1ccc(C(C)C)cc1)N(Cc1ccc(Cl)cc1Cl)c1ccccc1N. The van der Waals surface area contributed by atoms with Gasteiger partial charge in [-0.2, -0.15) is 5.26 Å². The Bertz CT molecular complexity index is 1190. The quantitative estimate of drug-likeness (QED) is 0.221. The van der Waals surface area contributed by atoms with Crippen LogP contribution in [0.5, 0.6) is 0 Å². The summed E-state index contributed by atoms with van der Waals surface area (Å²) in [6.07, 6.45) is 1.84. The predicted molar refractivity (Wildman–Crippen MR) is 137 cm³/mol. The molecule has 162 valence electrons. The Hall–Kier alpha value is -3.19. The third kappa shape index (κ3) is 5.53. The van der Waals surface area contributed by atoms with Gasteiger partial charge in [-0.3, -0.25) is 0 Å². The average Bonchev–Trinajstić information content (AvgIpc) is 2.77. The second-order valence-electron chi connectivity index (χ2n) is 7.82. The molecule has 3 aromatic rings. The third-order valence-corrected chi connectivity index (χ3v) is 5.83. The number of nitriles is 1. The second kappa shape index (κ2) is 10.4. The molecule has 0 saturated carbocycles. The molecule has 0 unspecified atom stereocenters. The number of benzene rings is 3. The van der Waals surface area contributed by atoms with Gasteiger partial charge in [-0.25, -0.2) is 0 Å². The molecule has 3 nitrogen and oxygen atoms in total. The van der Waals surface area contributed by atoms with Crippen LogP contribution in [-0.4, -0.2) is 0 Å². The van der Waals surface area contributed by atoms with Crippen molar-refractivity contribution >= 4 is 40.7 Å². The molecule has 5 heteroatoms. The van der Waals surface area contributed by atoms with Gasteiger partial charge in [-0.15, -0.1) is 0 Å². The van der Waals surface area contributed by atoms with Crippen LogP contribution < -0.4 is 10.6 Å². The van der Waals surface area contributed by atoms with Crippen LogP contribution >= 0.6 is 23.2 Å². The Balaban J connectivity index is 2.01. The number of allylic oxidation sites excluding steroid dienone is 1. The van der Waals surface area contributed by atoms with Crippen LogP contribution in [0.15, 0.2) is 84.6 Å². The van der Waals surface area contributed by atoms with Crippen LogP contribution in [0.4, 0.5) is 11.4 Å². The van der Waals surface area contributed by atoms with Gasteiger partial charge in [0, 0.05) is 16.6 Å². The molecule has 0 aliphatic carbocycles. The molecular weight excluding hydrogens is 437 g/mol. The van der Waals surface area contributed by atoms with Gasteiger partial charge in [0.15, 0.2) is 0 Å². The van der Waals surface area contributed by atoms with Gasteiger partial charge in [0.05, 0.1) is 22.6 Å². The fraction of sp³-hybridized carbons (Fsp3) is 0.148. The molecule has 3 rings (SSSR count). The summed E-state index contributed by atoms with van der Waals surface area (Å²) in [6.45, 7) is 8.92. The first kappa shape index (κ1) is 23.5. The molecule has 0 fully saturated rings. The highest BCUT2D eigenvalue weighted by atomic mass is 35.5. The van der Waals surface area contributed by atoms with Gasteiger partial charge in [0.1, 0.15) is 6.07 Å². The fourth-order valence-corrected chi connectivity index (χ4v) is 3.82. The Kier molecular flexibility index (Phi) is 7.64. The van der Waals surface area contributed by atoms with E-state index < -0.39 is 0 Å². The number of nitrogen functional groups attached to an aromatic ring is 1. The van der Waals surface area contributed by atoms with Crippen molar-refractivity contribution in [2.24, 2.45) is 0 Å². The number of para-hydroxylation sites is 2. The molecule has 0 aromatic heterocycles. The molecule has 0 bridgehead atoms. The topological polar surface area (TPSA) is 53.0 Å². The number of anilines is 2. The molecule has 0 aliphatic heterocycles. The summed E-state index contributed by atoms with van der Waals surface area (Å²) in [7, 11) is 0. The standard InChI is InChI=1S/C27H25Cl2N3/c1-18(2)21-10-8-20(9-11-21)14-23(16-30)19(3)32(27-7-5-4-6-26(27)31)17-22-12-13-24(28)15-25(22)29/h4-15,18H,3,17,31H2,1-2H3/b23-14+. The van der Waals surface area contributed by atoms with E-state index in [1.807, 2.05) is 53.4 Å². The maximum absolute atomic E-state index is 9.94. The van der Waals surface area contributed by atoms with E-state index in [1.165, 1.54) is 5.56 Å². The molecule has 2 N–H and O–H groups in total. The summed E-state index contributed by atoms with van der Waals surface area (Å²) in [4.78, 5) is 1.90. The zero-order valence-corrected chi connectivity index (χ0v) is 19.7. The maximum atomic E-state index is 9.94. The molecule has 0 spiro atoms. The van der Waals surface area contributed by atoms with Gasteiger partial charge >= 0.3 is 0 Å². The van der Waals surface area contributed by atoms with E-state index in [2.05, 4.69) is 38.6 Å². The van der Waals surface area contributed by atoms with Gasteiger partial charge in [-0.1, -0.05) is 86.1 Å². The van der Waals surface area contributed by atoms with Gasteiger partial charge in [-0.05, 0) is 52.9 Å². The van der Waals surface area contributed by atoms with Crippen LogP contribution in [0.3, 0.4) is 0 Å². The van der Waals surface area contributed by atoms with E-state index in [1.54, 1.807) is 12.1 Å². The predicted octanol–water partition coefficient (Wildman–Crippen LogP) is 7.83. The first-order chi connectivity index (χ1) is 15.3. The lowest BCUT2D eigenvalue weighted by molar-refractivity contribution is 0.866. The number of hydrogen-bond donors (Lipinski definition) is 1. The minimum Gasteiger partial charge on any atom is -0.397 e. The van der Waals surface area contributed by atoms with Crippen molar-refractivity contribution in [2.45, 2.75) is 26.3 Å². The Labute approximate surface area is 200 Å².